The number of anilines is 1. The molecule has 0 radical (unpaired) electrons. The molecule has 5 nitrogen and oxygen atoms in total. The number of nitrogen functional groups attached to an aromatic ring is 1. The van der Waals surface area contributed by atoms with Crippen molar-refractivity contribution in [3.05, 3.63) is 54.9 Å². The van der Waals surface area contributed by atoms with Gasteiger partial charge in [-0.05, 0) is 24.3 Å². The number of nitrogens with two attached hydrogens (primary N) is 1. The number of ether oxygens (including phenoxy) is 1. The van der Waals surface area contributed by atoms with E-state index in [2.05, 4.69) is 9.97 Å². The molecule has 0 fully saturated rings. The predicted molar refractivity (Wildman–Crippen MR) is 77.7 cm³/mol. The third kappa shape index (κ3) is 2.31. The Labute approximate surface area is 120 Å². The zero-order chi connectivity index (χ0) is 14.8. The van der Waals surface area contributed by atoms with Gasteiger partial charge in [-0.25, -0.2) is 14.4 Å². The van der Waals surface area contributed by atoms with Gasteiger partial charge in [0.05, 0.1) is 31.0 Å². The lowest BCUT2D eigenvalue weighted by atomic mass is 10.2. The van der Waals surface area contributed by atoms with Gasteiger partial charge in [-0.15, -0.1) is 0 Å². The minimum absolute atomic E-state index is 0.338. The number of aromatic nitrogens is 3. The van der Waals surface area contributed by atoms with E-state index in [1.54, 1.807) is 35.2 Å². The maximum absolute atomic E-state index is 14.1. The molecule has 0 aliphatic carbocycles. The Bertz CT molecular complexity index is 785. The molecule has 0 atom stereocenters. The molecule has 2 aromatic heterocycles. The van der Waals surface area contributed by atoms with Crippen LogP contribution in [0.2, 0.25) is 0 Å². The first-order valence-corrected chi connectivity index (χ1v) is 6.28. The van der Waals surface area contributed by atoms with Gasteiger partial charge in [0.15, 0.2) is 0 Å². The van der Waals surface area contributed by atoms with E-state index in [1.165, 1.54) is 19.5 Å². The van der Waals surface area contributed by atoms with Crippen LogP contribution >= 0.6 is 0 Å². The third-order valence-corrected chi connectivity index (χ3v) is 3.17. The molecule has 0 amide bonds. The maximum Gasteiger partial charge on any atom is 0.147 e. The number of hydrogen-bond donors (Lipinski definition) is 1. The van der Waals surface area contributed by atoms with Crippen LogP contribution in [0, 0.1) is 5.82 Å². The van der Waals surface area contributed by atoms with Crippen molar-refractivity contribution in [3.8, 4) is 22.7 Å². The minimum Gasteiger partial charge on any atom is -0.497 e. The van der Waals surface area contributed by atoms with Crippen LogP contribution in [0.5, 0.6) is 5.75 Å². The highest BCUT2D eigenvalue weighted by molar-refractivity contribution is 5.72. The van der Waals surface area contributed by atoms with Gasteiger partial charge in [0.1, 0.15) is 17.4 Å². The highest BCUT2D eigenvalue weighted by atomic mass is 19.1. The summed E-state index contributed by atoms with van der Waals surface area (Å²) in [4.78, 5) is 8.13. The molecular formula is C15H13FN4O. The Balaban J connectivity index is 2.18. The van der Waals surface area contributed by atoms with Crippen LogP contribution in [0.1, 0.15) is 0 Å². The van der Waals surface area contributed by atoms with E-state index in [0.29, 0.717) is 28.5 Å². The first-order valence-electron chi connectivity index (χ1n) is 6.28. The van der Waals surface area contributed by atoms with Crippen LogP contribution in [0.3, 0.4) is 0 Å². The molecule has 2 N–H and O–H groups in total. The first-order chi connectivity index (χ1) is 10.2. The summed E-state index contributed by atoms with van der Waals surface area (Å²) in [6.45, 7) is 0. The van der Waals surface area contributed by atoms with Gasteiger partial charge < -0.3 is 10.5 Å². The summed E-state index contributed by atoms with van der Waals surface area (Å²) >= 11 is 0. The summed E-state index contributed by atoms with van der Waals surface area (Å²) in [6, 6.07) is 8.10. The Hall–Kier alpha value is -2.89. The number of methoxy groups -OCH3 is 1. The highest BCUT2D eigenvalue weighted by Gasteiger charge is 2.14. The zero-order valence-electron chi connectivity index (χ0n) is 11.3. The Morgan fingerprint density at radius 2 is 2.14 bits per heavy atom. The number of imidazole rings is 1. The van der Waals surface area contributed by atoms with E-state index >= 15 is 0 Å². The number of pyridine rings is 1. The molecule has 3 rings (SSSR count). The SMILES string of the molecule is COc1ccc(F)c(-n2cncc2-c2cccnc2N)c1. The summed E-state index contributed by atoms with van der Waals surface area (Å²) in [7, 11) is 1.53. The summed E-state index contributed by atoms with van der Waals surface area (Å²) < 4.78 is 20.9. The quantitative estimate of drug-likeness (QED) is 0.803. The lowest BCUT2D eigenvalue weighted by Gasteiger charge is -2.11. The second kappa shape index (κ2) is 5.24. The smallest absolute Gasteiger partial charge is 0.147 e. The summed E-state index contributed by atoms with van der Waals surface area (Å²) in [5.74, 6) is 0.547. The monoisotopic (exact) mass is 284 g/mol. The van der Waals surface area contributed by atoms with E-state index in [0.717, 1.165) is 0 Å². The second-order valence-corrected chi connectivity index (χ2v) is 4.40. The summed E-state index contributed by atoms with van der Waals surface area (Å²) in [5.41, 5.74) is 7.57. The molecule has 21 heavy (non-hydrogen) atoms. The average Bonchev–Trinajstić information content (AvgIpc) is 2.97. The second-order valence-electron chi connectivity index (χ2n) is 4.40. The maximum atomic E-state index is 14.1. The van der Waals surface area contributed by atoms with Gasteiger partial charge in [-0.1, -0.05) is 0 Å². The van der Waals surface area contributed by atoms with Gasteiger partial charge in [0, 0.05) is 17.8 Å². The molecule has 0 aliphatic heterocycles. The van der Waals surface area contributed by atoms with Gasteiger partial charge >= 0.3 is 0 Å². The number of hydrogen-bond acceptors (Lipinski definition) is 4. The molecule has 0 bridgehead atoms. The number of rotatable bonds is 3. The Kier molecular flexibility index (Phi) is 3.27. The van der Waals surface area contributed by atoms with E-state index < -0.39 is 0 Å². The van der Waals surface area contributed by atoms with Crippen molar-refractivity contribution in [2.24, 2.45) is 0 Å². The number of halogens is 1. The van der Waals surface area contributed by atoms with Gasteiger partial charge in [-0.2, -0.15) is 0 Å². The van der Waals surface area contributed by atoms with Crippen molar-refractivity contribution in [2.45, 2.75) is 0 Å². The highest BCUT2D eigenvalue weighted by Crippen LogP contribution is 2.28. The van der Waals surface area contributed by atoms with Crippen molar-refractivity contribution in [2.75, 3.05) is 12.8 Å². The summed E-state index contributed by atoms with van der Waals surface area (Å²) in [6.07, 6.45) is 4.75. The Morgan fingerprint density at radius 1 is 1.29 bits per heavy atom. The molecule has 1 aromatic carbocycles. The van der Waals surface area contributed by atoms with E-state index in [1.807, 2.05) is 6.07 Å². The minimum atomic E-state index is -0.377. The lowest BCUT2D eigenvalue weighted by molar-refractivity contribution is 0.413. The molecule has 6 heteroatoms. The van der Waals surface area contributed by atoms with E-state index in [-0.39, 0.29) is 5.82 Å². The standard InChI is InChI=1S/C15H13FN4O/c1-21-10-4-5-12(16)13(7-10)20-9-18-8-14(20)11-3-2-6-19-15(11)17/h2-9H,1H3,(H2,17,19). The van der Waals surface area contributed by atoms with Crippen LogP contribution in [-0.2, 0) is 0 Å². The van der Waals surface area contributed by atoms with E-state index in [4.69, 9.17) is 10.5 Å². The fourth-order valence-corrected chi connectivity index (χ4v) is 2.12. The van der Waals surface area contributed by atoms with Gasteiger partial charge in [0.2, 0.25) is 0 Å². The molecule has 106 valence electrons. The van der Waals surface area contributed by atoms with Crippen LogP contribution in [0.15, 0.2) is 49.1 Å². The van der Waals surface area contributed by atoms with Crippen LogP contribution in [-0.4, -0.2) is 21.6 Å². The number of nitrogens with zero attached hydrogens (tertiary/aromatic N) is 3. The first kappa shape index (κ1) is 13.1. The zero-order valence-corrected chi connectivity index (χ0v) is 11.3. The molecular weight excluding hydrogens is 271 g/mol. The fraction of sp³-hybridized carbons (Fsp3) is 0.0667. The number of benzene rings is 1. The molecule has 2 heterocycles. The molecule has 0 saturated heterocycles. The van der Waals surface area contributed by atoms with Crippen LogP contribution in [0.25, 0.3) is 16.9 Å². The summed E-state index contributed by atoms with van der Waals surface area (Å²) in [5, 5.41) is 0. The van der Waals surface area contributed by atoms with Gasteiger partial charge in [0.25, 0.3) is 0 Å². The molecule has 0 saturated carbocycles. The van der Waals surface area contributed by atoms with Crippen molar-refractivity contribution in [1.82, 2.24) is 14.5 Å². The van der Waals surface area contributed by atoms with Crippen LogP contribution in [0.4, 0.5) is 10.2 Å². The van der Waals surface area contributed by atoms with Crippen molar-refractivity contribution in [3.63, 3.8) is 0 Å². The van der Waals surface area contributed by atoms with E-state index in [9.17, 15) is 4.39 Å². The topological polar surface area (TPSA) is 66.0 Å². The van der Waals surface area contributed by atoms with Crippen molar-refractivity contribution >= 4 is 5.82 Å². The molecule has 3 aromatic rings. The largest absolute Gasteiger partial charge is 0.497 e. The van der Waals surface area contributed by atoms with Crippen molar-refractivity contribution in [1.29, 1.82) is 0 Å². The third-order valence-electron chi connectivity index (χ3n) is 3.17. The lowest BCUT2D eigenvalue weighted by Crippen LogP contribution is -2.01. The molecule has 0 spiro atoms. The average molecular weight is 284 g/mol. The van der Waals surface area contributed by atoms with Gasteiger partial charge in [-0.3, -0.25) is 4.57 Å². The molecule has 0 aliphatic rings. The van der Waals surface area contributed by atoms with Crippen LogP contribution < -0.4 is 10.5 Å². The molecule has 0 unspecified atom stereocenters. The fourth-order valence-electron chi connectivity index (χ4n) is 2.12. The normalized spacial score (nSPS) is 10.6. The predicted octanol–water partition coefficient (Wildman–Crippen LogP) is 2.66. The Morgan fingerprint density at radius 3 is 2.90 bits per heavy atom. The van der Waals surface area contributed by atoms with Crippen molar-refractivity contribution < 1.29 is 9.13 Å².